The lowest BCUT2D eigenvalue weighted by Gasteiger charge is -2.29. The summed E-state index contributed by atoms with van der Waals surface area (Å²) in [6, 6.07) is 16.2. The molecule has 1 aromatic heterocycles. The molecule has 0 saturated carbocycles. The van der Waals surface area contributed by atoms with E-state index in [1.54, 1.807) is 18.9 Å². The van der Waals surface area contributed by atoms with Crippen molar-refractivity contribution in [3.05, 3.63) is 65.4 Å². The fraction of sp³-hybridized carbons (Fsp3) is 0.385. The first-order chi connectivity index (χ1) is 16.7. The van der Waals surface area contributed by atoms with Crippen molar-refractivity contribution in [3.63, 3.8) is 0 Å². The van der Waals surface area contributed by atoms with Crippen LogP contribution in [0.5, 0.6) is 5.75 Å². The predicted molar refractivity (Wildman–Crippen MR) is 134 cm³/mol. The van der Waals surface area contributed by atoms with Gasteiger partial charge >= 0.3 is 0 Å². The molecule has 8 heteroatoms. The van der Waals surface area contributed by atoms with E-state index in [1.165, 1.54) is 4.90 Å². The number of amides is 1. The quantitative estimate of drug-likeness (QED) is 0.492. The third-order valence-corrected chi connectivity index (χ3v) is 7.38. The summed E-state index contributed by atoms with van der Waals surface area (Å²) < 4.78 is 10.8. The van der Waals surface area contributed by atoms with Crippen molar-refractivity contribution in [1.82, 2.24) is 20.0 Å². The van der Waals surface area contributed by atoms with Gasteiger partial charge in [0.2, 0.25) is 0 Å². The summed E-state index contributed by atoms with van der Waals surface area (Å²) in [5.41, 5.74) is 4.44. The minimum Gasteiger partial charge on any atom is -0.497 e. The Morgan fingerprint density at radius 3 is 2.50 bits per heavy atom. The third-order valence-electron chi connectivity index (χ3n) is 6.64. The maximum Gasteiger partial charge on any atom is 0.273 e. The maximum absolute atomic E-state index is 13.5. The molecule has 5 rings (SSSR count). The number of rotatable bonds is 8. The minimum atomic E-state index is -0.168. The number of fused-ring (bicyclic) bond motifs is 1. The van der Waals surface area contributed by atoms with Crippen molar-refractivity contribution >= 4 is 17.7 Å². The number of nitrogens with one attached hydrogen (secondary N) is 1. The van der Waals surface area contributed by atoms with Crippen molar-refractivity contribution in [2.75, 3.05) is 52.8 Å². The fourth-order valence-corrected chi connectivity index (χ4v) is 5.23. The average Bonchev–Trinajstić information content (AvgIpc) is 3.44. The highest BCUT2D eigenvalue weighted by Gasteiger charge is 2.41. The zero-order valence-electron chi connectivity index (χ0n) is 19.6. The third kappa shape index (κ3) is 4.45. The summed E-state index contributed by atoms with van der Waals surface area (Å²) in [6.07, 6.45) is 2.99. The first-order valence-electron chi connectivity index (χ1n) is 11.7. The number of H-pyrrole nitrogens is 1. The van der Waals surface area contributed by atoms with Crippen LogP contribution in [-0.4, -0.2) is 78.7 Å². The highest BCUT2D eigenvalue weighted by atomic mass is 32.2. The molecule has 0 spiro atoms. The first kappa shape index (κ1) is 23.0. The number of carbonyl (C=O) groups is 1. The van der Waals surface area contributed by atoms with Gasteiger partial charge in [-0.25, -0.2) is 0 Å². The van der Waals surface area contributed by atoms with Crippen LogP contribution >= 0.6 is 11.8 Å². The number of hydrogen-bond donors (Lipinski definition) is 1. The van der Waals surface area contributed by atoms with Gasteiger partial charge in [-0.15, -0.1) is 11.8 Å². The maximum atomic E-state index is 13.5. The second-order valence-electron chi connectivity index (χ2n) is 8.57. The van der Waals surface area contributed by atoms with Crippen LogP contribution in [0.2, 0.25) is 0 Å². The van der Waals surface area contributed by atoms with Crippen molar-refractivity contribution in [2.45, 2.75) is 17.4 Å². The Balaban J connectivity index is 1.46. The highest BCUT2D eigenvalue weighted by molar-refractivity contribution is 7.98. The van der Waals surface area contributed by atoms with E-state index in [2.05, 4.69) is 45.6 Å². The Morgan fingerprint density at radius 2 is 1.82 bits per heavy atom. The molecule has 1 amide bonds. The van der Waals surface area contributed by atoms with Crippen LogP contribution in [0.3, 0.4) is 0 Å². The molecule has 2 aliphatic heterocycles. The number of morpholine rings is 1. The number of methoxy groups -OCH3 is 1. The van der Waals surface area contributed by atoms with Crippen molar-refractivity contribution < 1.29 is 14.3 Å². The number of hydrogen-bond acceptors (Lipinski definition) is 6. The predicted octanol–water partition coefficient (Wildman–Crippen LogP) is 4.07. The lowest BCUT2D eigenvalue weighted by atomic mass is 9.96. The monoisotopic (exact) mass is 478 g/mol. The van der Waals surface area contributed by atoms with Crippen LogP contribution in [-0.2, 0) is 4.74 Å². The van der Waals surface area contributed by atoms with Crippen LogP contribution in [0.15, 0.2) is 53.4 Å². The Hall–Kier alpha value is -2.81. The molecule has 178 valence electrons. The highest BCUT2D eigenvalue weighted by Crippen LogP contribution is 2.43. The number of ether oxygens (including phenoxy) is 2. The van der Waals surface area contributed by atoms with Crippen LogP contribution in [0.1, 0.15) is 34.1 Å². The summed E-state index contributed by atoms with van der Waals surface area (Å²) in [4.78, 5) is 19.1. The molecule has 2 aromatic carbocycles. The Bertz CT molecular complexity index is 1120. The molecule has 1 atom stereocenters. The van der Waals surface area contributed by atoms with Gasteiger partial charge in [0.05, 0.1) is 32.1 Å². The molecule has 34 heavy (non-hydrogen) atoms. The molecule has 2 aliphatic rings. The lowest BCUT2D eigenvalue weighted by molar-refractivity contribution is 0.0354. The second-order valence-corrected chi connectivity index (χ2v) is 9.45. The normalized spacial score (nSPS) is 18.4. The number of benzene rings is 2. The number of aromatic amines is 1. The molecule has 0 aliphatic carbocycles. The Morgan fingerprint density at radius 1 is 1.09 bits per heavy atom. The van der Waals surface area contributed by atoms with E-state index in [1.807, 2.05) is 29.2 Å². The van der Waals surface area contributed by atoms with Crippen LogP contribution in [0.25, 0.3) is 11.3 Å². The summed E-state index contributed by atoms with van der Waals surface area (Å²) in [7, 11) is 1.66. The Labute approximate surface area is 204 Å². The summed E-state index contributed by atoms with van der Waals surface area (Å²) in [6.45, 7) is 5.14. The molecule has 3 heterocycles. The van der Waals surface area contributed by atoms with Crippen molar-refractivity contribution in [3.8, 4) is 17.0 Å². The number of nitrogens with zero attached hydrogens (tertiary/aromatic N) is 3. The van der Waals surface area contributed by atoms with Gasteiger partial charge in [0.25, 0.3) is 5.91 Å². The summed E-state index contributed by atoms with van der Waals surface area (Å²) in [5, 5.41) is 7.62. The molecule has 1 saturated heterocycles. The van der Waals surface area contributed by atoms with E-state index >= 15 is 0 Å². The van der Waals surface area contributed by atoms with E-state index in [0.717, 1.165) is 67.4 Å². The molecule has 7 nitrogen and oxygen atoms in total. The number of thioether (sulfide) groups is 1. The molecule has 1 unspecified atom stereocenters. The topological polar surface area (TPSA) is 70.7 Å². The van der Waals surface area contributed by atoms with E-state index in [4.69, 9.17) is 9.47 Å². The van der Waals surface area contributed by atoms with Gasteiger partial charge in [-0.3, -0.25) is 14.8 Å². The zero-order valence-corrected chi connectivity index (χ0v) is 20.4. The van der Waals surface area contributed by atoms with Crippen LogP contribution in [0, 0.1) is 0 Å². The average molecular weight is 479 g/mol. The van der Waals surface area contributed by atoms with Gasteiger partial charge in [0.1, 0.15) is 11.4 Å². The second kappa shape index (κ2) is 10.2. The van der Waals surface area contributed by atoms with Gasteiger partial charge in [0, 0.05) is 42.2 Å². The number of carbonyl (C=O) groups excluding carboxylic acids is 1. The largest absolute Gasteiger partial charge is 0.497 e. The Kier molecular flexibility index (Phi) is 6.89. The number of aromatic nitrogens is 2. The van der Waals surface area contributed by atoms with E-state index in [9.17, 15) is 4.79 Å². The van der Waals surface area contributed by atoms with Gasteiger partial charge < -0.3 is 14.4 Å². The molecule has 0 bridgehead atoms. The van der Waals surface area contributed by atoms with Gasteiger partial charge in [-0.2, -0.15) is 5.10 Å². The molecule has 1 N–H and O–H groups in total. The molecular weight excluding hydrogens is 448 g/mol. The van der Waals surface area contributed by atoms with Crippen molar-refractivity contribution in [1.29, 1.82) is 0 Å². The molecule has 0 radical (unpaired) electrons. The van der Waals surface area contributed by atoms with Gasteiger partial charge in [0.15, 0.2) is 0 Å². The van der Waals surface area contributed by atoms with E-state index < -0.39 is 0 Å². The summed E-state index contributed by atoms with van der Waals surface area (Å²) in [5.74, 6) is 0.809. The molecule has 1 fully saturated rings. The van der Waals surface area contributed by atoms with E-state index in [0.29, 0.717) is 12.2 Å². The van der Waals surface area contributed by atoms with Crippen LogP contribution in [0.4, 0.5) is 0 Å². The first-order valence-corrected chi connectivity index (χ1v) is 12.9. The van der Waals surface area contributed by atoms with Crippen molar-refractivity contribution in [2.24, 2.45) is 0 Å². The van der Waals surface area contributed by atoms with E-state index in [-0.39, 0.29) is 11.9 Å². The molecular formula is C26H30N4O3S. The van der Waals surface area contributed by atoms with Gasteiger partial charge in [-0.05, 0) is 54.6 Å². The molecule has 3 aromatic rings. The SMILES string of the molecule is COc1ccc(-c2n[nH]c3c2C(c2ccc(SC)cc2)N(CCCN2CCOCC2)C3=O)cc1. The smallest absolute Gasteiger partial charge is 0.273 e. The standard InChI is InChI=1S/C26H30N4O3S/c1-32-20-8-4-18(5-9-20)23-22-24(28-27-23)26(31)30(13-3-12-29-14-16-33-17-15-29)25(22)19-6-10-21(34-2)11-7-19/h4-11,25H,3,12-17H2,1-2H3,(H,27,28). The minimum absolute atomic E-state index is 0.0168. The fourth-order valence-electron chi connectivity index (χ4n) is 4.82. The lowest BCUT2D eigenvalue weighted by Crippen LogP contribution is -2.38. The van der Waals surface area contributed by atoms with Gasteiger partial charge in [-0.1, -0.05) is 12.1 Å². The zero-order chi connectivity index (χ0) is 23.5. The summed E-state index contributed by atoms with van der Waals surface area (Å²) >= 11 is 1.72. The van der Waals surface area contributed by atoms with Crippen LogP contribution < -0.4 is 4.74 Å².